The van der Waals surface area contributed by atoms with Crippen LogP contribution in [-0.4, -0.2) is 0 Å². The van der Waals surface area contributed by atoms with E-state index in [0.29, 0.717) is 5.92 Å². The van der Waals surface area contributed by atoms with Crippen LogP contribution in [0.5, 0.6) is 0 Å². The number of para-hydroxylation sites is 1. The maximum absolute atomic E-state index is 6.52. The molecule has 0 saturated heterocycles. The highest BCUT2D eigenvalue weighted by Gasteiger charge is 2.53. The first kappa shape index (κ1) is 31.3. The van der Waals surface area contributed by atoms with Gasteiger partial charge in [-0.25, -0.2) is 0 Å². The molecule has 0 N–H and O–H groups in total. The van der Waals surface area contributed by atoms with Crippen LogP contribution in [0.15, 0.2) is 132 Å². The second kappa shape index (κ2) is 11.5. The smallest absolute Gasteiger partial charge is 0.137 e. The van der Waals surface area contributed by atoms with Gasteiger partial charge in [-0.15, -0.1) is 0 Å². The van der Waals surface area contributed by atoms with E-state index in [-0.39, 0.29) is 10.8 Å². The Balaban J connectivity index is 1.09. The Labute approximate surface area is 318 Å². The van der Waals surface area contributed by atoms with E-state index in [4.69, 9.17) is 4.42 Å². The molecule has 6 aromatic carbocycles. The lowest BCUT2D eigenvalue weighted by atomic mass is 9.53. The molecule has 0 amide bonds. The summed E-state index contributed by atoms with van der Waals surface area (Å²) in [6.07, 6.45) is 13.2. The molecular weight excluding hydrogens is 655 g/mol. The normalized spacial score (nSPS) is 24.2. The quantitative estimate of drug-likeness (QED) is 0.182. The maximum Gasteiger partial charge on any atom is 0.137 e. The fourth-order valence-electron chi connectivity index (χ4n) is 12.9. The van der Waals surface area contributed by atoms with Crippen molar-refractivity contribution in [2.24, 2.45) is 17.8 Å². The highest BCUT2D eigenvalue weighted by atomic mass is 16.3. The summed E-state index contributed by atoms with van der Waals surface area (Å²) in [5, 5.41) is 2.33. The van der Waals surface area contributed by atoms with E-state index in [0.717, 1.165) is 28.4 Å². The zero-order valence-electron chi connectivity index (χ0n) is 31.3. The van der Waals surface area contributed by atoms with Crippen molar-refractivity contribution in [3.8, 4) is 22.3 Å². The Morgan fingerprint density at radius 1 is 0.593 bits per heavy atom. The van der Waals surface area contributed by atoms with Crippen molar-refractivity contribution >= 4 is 39.0 Å². The highest BCUT2D eigenvalue weighted by molar-refractivity contribution is 6.13. The largest absolute Gasteiger partial charge is 0.456 e. The van der Waals surface area contributed by atoms with Gasteiger partial charge in [0.25, 0.3) is 0 Å². The van der Waals surface area contributed by atoms with Gasteiger partial charge in [0, 0.05) is 27.6 Å². The van der Waals surface area contributed by atoms with E-state index in [2.05, 4.69) is 139 Å². The van der Waals surface area contributed by atoms with Crippen molar-refractivity contribution in [3.63, 3.8) is 0 Å². The predicted octanol–water partition coefficient (Wildman–Crippen LogP) is 14.4. The summed E-state index contributed by atoms with van der Waals surface area (Å²) in [6, 6.07) is 48.9. The summed E-state index contributed by atoms with van der Waals surface area (Å²) in [6.45, 7) is 2.42. The van der Waals surface area contributed by atoms with E-state index in [1.54, 1.807) is 11.1 Å². The highest BCUT2D eigenvalue weighted by Crippen LogP contribution is 2.64. The number of fused-ring (bicyclic) bond motifs is 16. The van der Waals surface area contributed by atoms with Gasteiger partial charge in [0.2, 0.25) is 0 Å². The minimum atomic E-state index is 0.118. The first-order chi connectivity index (χ1) is 26.7. The number of hydrogen-bond donors (Lipinski definition) is 0. The molecule has 2 spiro atoms. The molecule has 2 heteroatoms. The molecule has 1 heterocycles. The van der Waals surface area contributed by atoms with E-state index >= 15 is 0 Å². The van der Waals surface area contributed by atoms with E-state index in [1.165, 1.54) is 120 Å². The van der Waals surface area contributed by atoms with Crippen molar-refractivity contribution in [3.05, 3.63) is 150 Å². The summed E-state index contributed by atoms with van der Waals surface area (Å²) < 4.78 is 6.52. The molecule has 54 heavy (non-hydrogen) atoms. The molecule has 5 aliphatic rings. The third-order valence-corrected chi connectivity index (χ3v) is 15.2. The monoisotopic (exact) mass is 701 g/mol. The second-order valence-electron chi connectivity index (χ2n) is 17.5. The SMILES string of the molecule is CCC1CC2CCC3(c4ccccc4-c4cc(N(c5ccc6c(c5)-c5ccccc5C65CCCC5)c5cccc6oc7ccccc7c56)ccc43)C(C1)C2. The van der Waals surface area contributed by atoms with Crippen molar-refractivity contribution < 1.29 is 4.42 Å². The zero-order valence-corrected chi connectivity index (χ0v) is 31.3. The van der Waals surface area contributed by atoms with Crippen LogP contribution in [0.3, 0.4) is 0 Å². The lowest BCUT2D eigenvalue weighted by Gasteiger charge is -2.51. The lowest BCUT2D eigenvalue weighted by molar-refractivity contribution is 0.0778. The van der Waals surface area contributed by atoms with Gasteiger partial charge in [0.1, 0.15) is 11.2 Å². The molecule has 12 rings (SSSR count). The van der Waals surface area contributed by atoms with E-state index in [9.17, 15) is 0 Å². The fourth-order valence-corrected chi connectivity index (χ4v) is 12.9. The summed E-state index contributed by atoms with van der Waals surface area (Å²) in [7, 11) is 0. The summed E-state index contributed by atoms with van der Waals surface area (Å²) in [5.41, 5.74) is 17.6. The summed E-state index contributed by atoms with van der Waals surface area (Å²) in [5.74, 6) is 2.46. The average Bonchev–Trinajstić information content (AvgIpc) is 3.99. The van der Waals surface area contributed by atoms with Crippen LogP contribution in [-0.2, 0) is 10.8 Å². The molecule has 266 valence electrons. The predicted molar refractivity (Wildman–Crippen MR) is 223 cm³/mol. The van der Waals surface area contributed by atoms with Crippen molar-refractivity contribution in [2.75, 3.05) is 4.90 Å². The van der Waals surface area contributed by atoms with Crippen molar-refractivity contribution in [2.45, 2.75) is 82.0 Å². The number of benzene rings is 6. The molecule has 3 fully saturated rings. The minimum Gasteiger partial charge on any atom is -0.456 e. The Morgan fingerprint density at radius 3 is 2.06 bits per heavy atom. The molecule has 5 aliphatic carbocycles. The second-order valence-corrected chi connectivity index (χ2v) is 17.5. The average molecular weight is 702 g/mol. The number of nitrogens with zero attached hydrogens (tertiary/aromatic N) is 1. The Bertz CT molecular complexity index is 2640. The first-order valence-corrected chi connectivity index (χ1v) is 20.9. The molecule has 0 aliphatic heterocycles. The van der Waals surface area contributed by atoms with Crippen LogP contribution in [0.1, 0.15) is 93.4 Å². The van der Waals surface area contributed by atoms with E-state index in [1.807, 2.05) is 0 Å². The van der Waals surface area contributed by atoms with Crippen LogP contribution in [0.4, 0.5) is 17.1 Å². The fraction of sp³-hybridized carbons (Fsp3) is 0.308. The third kappa shape index (κ3) is 4.12. The van der Waals surface area contributed by atoms with Crippen LogP contribution in [0.2, 0.25) is 0 Å². The zero-order chi connectivity index (χ0) is 35.6. The first-order valence-electron chi connectivity index (χ1n) is 20.9. The van der Waals surface area contributed by atoms with Gasteiger partial charge in [-0.1, -0.05) is 111 Å². The molecule has 4 atom stereocenters. The molecule has 7 aromatic rings. The van der Waals surface area contributed by atoms with Crippen LogP contribution in [0.25, 0.3) is 44.2 Å². The third-order valence-electron chi connectivity index (χ3n) is 15.2. The topological polar surface area (TPSA) is 16.4 Å². The van der Waals surface area contributed by atoms with Gasteiger partial charge in [-0.3, -0.25) is 0 Å². The van der Waals surface area contributed by atoms with Gasteiger partial charge in [-0.2, -0.15) is 0 Å². The van der Waals surface area contributed by atoms with Gasteiger partial charge >= 0.3 is 0 Å². The van der Waals surface area contributed by atoms with Crippen LogP contribution < -0.4 is 4.90 Å². The standard InChI is InChI=1S/C52H47NO/c1-2-33-28-34-24-27-52(35(29-33)30-34)45-16-7-4-13-39(45)42-32-37(21-23-46(42)52)53(47-17-11-19-49-50(47)40-14-5-8-18-48(40)54-49)36-20-22-44-41(31-36)38-12-3-6-15-43(38)51(44)25-9-10-26-51/h3-8,11-23,31-35H,2,9-10,24-30H2,1H3. The molecule has 2 nitrogen and oxygen atoms in total. The number of rotatable bonds is 4. The molecular formula is C52H47NO. The molecule has 4 unspecified atom stereocenters. The lowest BCUT2D eigenvalue weighted by Crippen LogP contribution is -2.44. The molecule has 3 saturated carbocycles. The Kier molecular flexibility index (Phi) is 6.64. The van der Waals surface area contributed by atoms with Crippen molar-refractivity contribution in [1.29, 1.82) is 0 Å². The molecule has 2 bridgehead atoms. The molecule has 1 aromatic heterocycles. The van der Waals surface area contributed by atoms with Gasteiger partial charge < -0.3 is 9.32 Å². The van der Waals surface area contributed by atoms with Crippen LogP contribution in [0, 0.1) is 17.8 Å². The van der Waals surface area contributed by atoms with E-state index < -0.39 is 0 Å². The van der Waals surface area contributed by atoms with Gasteiger partial charge in [0.05, 0.1) is 11.1 Å². The summed E-state index contributed by atoms with van der Waals surface area (Å²) >= 11 is 0. The van der Waals surface area contributed by atoms with Crippen LogP contribution >= 0.6 is 0 Å². The number of anilines is 3. The maximum atomic E-state index is 6.52. The summed E-state index contributed by atoms with van der Waals surface area (Å²) in [4.78, 5) is 2.55. The Morgan fingerprint density at radius 2 is 1.24 bits per heavy atom. The molecule has 0 radical (unpaired) electrons. The van der Waals surface area contributed by atoms with Gasteiger partial charge in [0.15, 0.2) is 0 Å². The number of hydrogen-bond acceptors (Lipinski definition) is 2. The van der Waals surface area contributed by atoms with Gasteiger partial charge in [-0.05, 0) is 150 Å². The van der Waals surface area contributed by atoms with Crippen molar-refractivity contribution in [1.82, 2.24) is 0 Å². The number of furan rings is 1. The minimum absolute atomic E-state index is 0.118. The Hall–Kier alpha value is -5.08.